The molecule has 0 amide bonds. The van der Waals surface area contributed by atoms with Crippen LogP contribution in [0.25, 0.3) is 87.2 Å². The first-order chi connectivity index (χ1) is 71.6. The Bertz CT molecular complexity index is 7280. The standard InChI is InChI=1S/C31H33N3O5.C29H39N3O5.C28H28N4O5.C25H31N3O7/c1-4-33-29-14-10-23(17-27(29)28-18-24(34(36)37)11-15-30(28)33)31(32-39-21(3)35)26-13-12-25(16-20(26)2)38-19-22-8-6-5-7-9-22;1-5-7-8-9-10-11-12-13-24(36-4)20-27(30-37-21(3)33)22-14-16-28-25(18-22)26-19-23(32(34)35)15-17-29(26)31(28)6-2;1-4-31-26-9-5-20(16-24(26)25-17-22(32(34)35)7-10-27(25)31)28(29-37-19(3)33)23-8-6-21(15-18(23)2)30-11-13-36-14-12-30;1-4-27-24-9-7-19(16-21(24)22-17-20(28(30)31)8-10-25(22)27)23(26-35-18(2)29)6-5-11-33-14-15-34-13-12-32-3/h10-18,22H,4-9,19H2,1-3H3;14-19,24H,5-13,20H2,1-4H3;5-10,15-17H,4,11-14H2,1-3H3;7-10,16-17H,4-6,11-15H2,1-3H3/b32-31-;30-27+;29-28-;26-23+. The molecule has 16 rings (SSSR count). The minimum Gasteiger partial charge on any atom is -0.493 e. The Hall–Kier alpha value is -15.0. The van der Waals surface area contributed by atoms with Gasteiger partial charge in [0.1, 0.15) is 17.2 Å². The molecule has 4 aromatic heterocycles. The van der Waals surface area contributed by atoms with Crippen LogP contribution < -0.4 is 9.64 Å². The van der Waals surface area contributed by atoms with Gasteiger partial charge in [-0.05, 0) is 194 Å². The second-order valence-electron chi connectivity index (χ2n) is 36.7. The van der Waals surface area contributed by atoms with Crippen LogP contribution in [-0.4, -0.2) is 171 Å². The molecule has 1 aliphatic carbocycles. The number of carbonyl (C=O) groups excluding carboxylic acids is 4. The van der Waals surface area contributed by atoms with Gasteiger partial charge in [0, 0.05) is 269 Å². The number of unbranched alkanes of at least 4 members (excludes halogenated alkanes) is 6. The van der Waals surface area contributed by atoms with E-state index in [9.17, 15) is 59.6 Å². The topological polar surface area (TPSA) is 406 Å². The molecule has 1 saturated carbocycles. The van der Waals surface area contributed by atoms with Gasteiger partial charge >= 0.3 is 23.9 Å². The van der Waals surface area contributed by atoms with E-state index in [1.165, 1.54) is 123 Å². The maximum absolute atomic E-state index is 11.7. The number of nitrogens with zero attached hydrogens (tertiary/aromatic N) is 13. The Balaban J connectivity index is 0.000000165. The second-order valence-corrected chi connectivity index (χ2v) is 36.7. The summed E-state index contributed by atoms with van der Waals surface area (Å²) in [4.78, 5) is 113. The lowest BCUT2D eigenvalue weighted by atomic mass is 9.90. The normalized spacial score (nSPS) is 13.5. The molecule has 0 N–H and O–H groups in total. The van der Waals surface area contributed by atoms with Crippen molar-refractivity contribution in [3.05, 3.63) is 267 Å². The molecule has 1 aliphatic heterocycles. The summed E-state index contributed by atoms with van der Waals surface area (Å²) in [6, 6.07) is 55.3. The number of carbonyl (C=O) groups is 4. The summed E-state index contributed by atoms with van der Waals surface area (Å²) in [6.45, 7) is 28.8. The number of nitro groups is 4. The molecule has 0 radical (unpaired) electrons. The molecule has 1 unspecified atom stereocenters. The average molecular weight is 2020 g/mol. The Morgan fingerprint density at radius 3 is 1.16 bits per heavy atom. The highest BCUT2D eigenvalue weighted by molar-refractivity contribution is 6.20. The van der Waals surface area contributed by atoms with E-state index in [0.29, 0.717) is 107 Å². The predicted octanol–water partition coefficient (Wildman–Crippen LogP) is 24.5. The quantitative estimate of drug-likeness (QED) is 0.0113. The van der Waals surface area contributed by atoms with Crippen molar-refractivity contribution in [3.8, 4) is 5.75 Å². The number of nitro benzene ring substituents is 4. The van der Waals surface area contributed by atoms with Crippen molar-refractivity contribution in [2.75, 3.05) is 85.1 Å². The Labute approximate surface area is 858 Å². The lowest BCUT2D eigenvalue weighted by molar-refractivity contribution is -0.384. The minimum absolute atomic E-state index is 0.0372. The minimum atomic E-state index is -0.517. The summed E-state index contributed by atoms with van der Waals surface area (Å²) >= 11 is 0. The number of anilines is 1. The third-order valence-corrected chi connectivity index (χ3v) is 26.7. The van der Waals surface area contributed by atoms with Crippen molar-refractivity contribution in [1.82, 2.24) is 18.3 Å². The molecule has 1 atom stereocenters. The highest BCUT2D eigenvalue weighted by Crippen LogP contribution is 2.40. The molecule has 35 nitrogen and oxygen atoms in total. The molecule has 148 heavy (non-hydrogen) atoms. The van der Waals surface area contributed by atoms with E-state index >= 15 is 0 Å². The summed E-state index contributed by atoms with van der Waals surface area (Å²) in [6.07, 6.45) is 17.4. The first-order valence-electron chi connectivity index (χ1n) is 50.8. The Kier molecular flexibility index (Phi) is 39.7. The molecular weight excluding hydrogens is 1890 g/mol. The smallest absolute Gasteiger partial charge is 0.332 e. The SMILES string of the molecule is CCCCCCCCCC(C/C(=N\OC(C)=O)c1ccc2c(c1)c1cc([N+](=O)[O-])ccc1n2CC)OC.CCn1c2ccc(/C(=N/OC(C)=O)c3ccc(N4CCOCC4)cc3C)cc2c2cc([N+](=O)[O-])ccc21.CCn1c2ccc(/C(=N/OC(C)=O)c3ccc(OCC4CCCCC4)cc3C)cc2c2cc([N+](=O)[O-])ccc21.CCn1c2ccc(/C(CCCOCCOCCOC)=N/OC(C)=O)cc2c2cc([N+](=O)[O-])ccc21. The molecule has 0 spiro atoms. The molecular formula is C113H131N13O22. The number of methoxy groups -OCH3 is 2. The third kappa shape index (κ3) is 27.8. The fourth-order valence-electron chi connectivity index (χ4n) is 19.4. The number of benzene rings is 10. The third-order valence-electron chi connectivity index (χ3n) is 26.7. The van der Waals surface area contributed by atoms with Gasteiger partial charge in [0.15, 0.2) is 0 Å². The van der Waals surface area contributed by atoms with Crippen LogP contribution >= 0.6 is 0 Å². The Morgan fingerprint density at radius 2 is 0.764 bits per heavy atom. The molecule has 1 saturated heterocycles. The summed E-state index contributed by atoms with van der Waals surface area (Å²) in [7, 11) is 3.32. The van der Waals surface area contributed by atoms with Gasteiger partial charge in [-0.3, -0.25) is 40.5 Å². The Morgan fingerprint density at radius 1 is 0.399 bits per heavy atom. The summed E-state index contributed by atoms with van der Waals surface area (Å²) in [5, 5.41) is 69.2. The van der Waals surface area contributed by atoms with E-state index in [1.807, 2.05) is 138 Å². The zero-order valence-corrected chi connectivity index (χ0v) is 86.5. The van der Waals surface area contributed by atoms with Gasteiger partial charge in [-0.2, -0.15) is 0 Å². The number of hydrogen-bond acceptors (Lipinski definition) is 27. The second kappa shape index (κ2) is 53.4. The summed E-state index contributed by atoms with van der Waals surface area (Å²) < 4.78 is 41.8. The van der Waals surface area contributed by atoms with Crippen molar-refractivity contribution in [1.29, 1.82) is 0 Å². The zero-order chi connectivity index (χ0) is 106. The molecule has 14 aromatic rings. The lowest BCUT2D eigenvalue weighted by Gasteiger charge is -2.29. The number of fused-ring (bicyclic) bond motifs is 12. The maximum atomic E-state index is 11.7. The number of non-ortho nitro benzene ring substituents is 4. The van der Waals surface area contributed by atoms with E-state index < -0.39 is 28.8 Å². The van der Waals surface area contributed by atoms with Crippen LogP contribution in [-0.2, 0) is 88.4 Å². The van der Waals surface area contributed by atoms with Crippen molar-refractivity contribution in [2.24, 2.45) is 26.5 Å². The number of aromatic nitrogens is 4. The van der Waals surface area contributed by atoms with Crippen LogP contribution in [0.2, 0.25) is 0 Å². The van der Waals surface area contributed by atoms with Crippen molar-refractivity contribution < 1.29 is 86.6 Å². The van der Waals surface area contributed by atoms with Crippen LogP contribution in [0.4, 0.5) is 28.4 Å². The fraction of sp³-hybridized carbons (Fsp3) is 0.398. The van der Waals surface area contributed by atoms with Gasteiger partial charge in [-0.1, -0.05) is 122 Å². The summed E-state index contributed by atoms with van der Waals surface area (Å²) in [5.41, 5.74) is 17.7. The fourth-order valence-corrected chi connectivity index (χ4v) is 19.4. The van der Waals surface area contributed by atoms with Crippen LogP contribution in [0, 0.1) is 60.2 Å². The molecule has 2 aliphatic rings. The van der Waals surface area contributed by atoms with E-state index in [0.717, 1.165) is 189 Å². The average Bonchev–Trinajstić information content (AvgIpc) is 1.61. The van der Waals surface area contributed by atoms with Gasteiger partial charge in [-0.25, -0.2) is 19.2 Å². The number of rotatable bonds is 43. The molecule has 10 aromatic carbocycles. The first-order valence-corrected chi connectivity index (χ1v) is 50.8. The molecule has 5 heterocycles. The van der Waals surface area contributed by atoms with E-state index in [2.05, 4.69) is 63.7 Å². The van der Waals surface area contributed by atoms with Gasteiger partial charge in [0.05, 0.1) is 83.5 Å². The highest BCUT2D eigenvalue weighted by Gasteiger charge is 2.27. The van der Waals surface area contributed by atoms with Gasteiger partial charge < -0.3 is 70.9 Å². The lowest BCUT2D eigenvalue weighted by Crippen LogP contribution is -2.36. The molecule has 780 valence electrons. The van der Waals surface area contributed by atoms with E-state index in [-0.39, 0.29) is 43.6 Å². The number of hydrogen-bond donors (Lipinski definition) is 0. The van der Waals surface area contributed by atoms with Crippen LogP contribution in [0.5, 0.6) is 5.75 Å². The molecule has 35 heteroatoms. The van der Waals surface area contributed by atoms with Crippen molar-refractivity contribution in [2.45, 2.75) is 211 Å². The highest BCUT2D eigenvalue weighted by atomic mass is 16.7. The maximum Gasteiger partial charge on any atom is 0.332 e. The van der Waals surface area contributed by atoms with Crippen LogP contribution in [0.15, 0.2) is 203 Å². The zero-order valence-electron chi connectivity index (χ0n) is 86.5. The van der Waals surface area contributed by atoms with E-state index in [4.69, 9.17) is 47.8 Å². The number of oxime groups is 4. The van der Waals surface area contributed by atoms with Crippen molar-refractivity contribution in [3.63, 3.8) is 0 Å². The monoisotopic (exact) mass is 2020 g/mol. The van der Waals surface area contributed by atoms with Crippen molar-refractivity contribution >= 4 is 162 Å². The first kappa shape index (κ1) is 110. The number of morpholine rings is 1. The summed E-state index contributed by atoms with van der Waals surface area (Å²) in [5.74, 6) is -0.615. The van der Waals surface area contributed by atoms with E-state index in [1.54, 1.807) is 62.8 Å². The van der Waals surface area contributed by atoms with Gasteiger partial charge in [0.25, 0.3) is 22.7 Å². The number of aryl methyl sites for hydroxylation is 6. The van der Waals surface area contributed by atoms with Crippen LogP contribution in [0.1, 0.15) is 210 Å². The largest absolute Gasteiger partial charge is 0.493 e. The molecule has 0 bridgehead atoms. The van der Waals surface area contributed by atoms with Gasteiger partial charge in [-0.15, -0.1) is 0 Å². The predicted molar refractivity (Wildman–Crippen MR) is 577 cm³/mol. The van der Waals surface area contributed by atoms with Crippen LogP contribution in [0.3, 0.4) is 0 Å². The van der Waals surface area contributed by atoms with Gasteiger partial charge in [0.2, 0.25) is 0 Å². The molecule has 2 fully saturated rings. The number of ether oxygens (including phenoxy) is 6.